The molecule has 6 nitrogen and oxygen atoms in total. The number of nitrogens with zero attached hydrogens (tertiary/aromatic N) is 3. The lowest BCUT2D eigenvalue weighted by molar-refractivity contribution is -0.145. The molecule has 0 spiro atoms. The van der Waals surface area contributed by atoms with Gasteiger partial charge in [-0.15, -0.1) is 11.3 Å². The second kappa shape index (κ2) is 6.98. The number of thiazole rings is 1. The minimum Gasteiger partial charge on any atom is -0.480 e. The first-order chi connectivity index (χ1) is 13.0. The number of fused-ring (bicyclic) bond motifs is 1. The number of hydrogen-bond donors (Lipinski definition) is 2. The maximum Gasteiger partial charge on any atom is 0.323 e. The Morgan fingerprint density at radius 3 is 2.85 bits per heavy atom. The molecular formula is C20H22N4O2S. The Kier molecular flexibility index (Phi) is 4.65. The van der Waals surface area contributed by atoms with Gasteiger partial charge in [0.1, 0.15) is 10.5 Å². The van der Waals surface area contributed by atoms with E-state index in [4.69, 9.17) is 4.98 Å². The zero-order valence-electron chi connectivity index (χ0n) is 15.3. The molecule has 0 aliphatic carbocycles. The largest absolute Gasteiger partial charge is 0.480 e. The Hall–Kier alpha value is -2.38. The fourth-order valence-corrected chi connectivity index (χ4v) is 5.14. The monoisotopic (exact) mass is 382 g/mol. The topological polar surface area (TPSA) is 88.0 Å². The predicted molar refractivity (Wildman–Crippen MR) is 105 cm³/mol. The molecule has 1 aromatic carbocycles. The van der Waals surface area contributed by atoms with Crippen LogP contribution in [0.4, 0.5) is 0 Å². The molecule has 3 heterocycles. The molecule has 1 fully saturated rings. The van der Waals surface area contributed by atoms with Crippen LogP contribution >= 0.6 is 11.3 Å². The first-order valence-electron chi connectivity index (χ1n) is 9.11. The first-order valence-corrected chi connectivity index (χ1v) is 9.92. The number of nitrogens with one attached hydrogen (secondary N) is 1. The Bertz CT molecular complexity index is 926. The summed E-state index contributed by atoms with van der Waals surface area (Å²) in [5, 5.41) is 14.4. The standard InChI is InChI=1S/C20H22N4O2S/c1-12(2)9-20(19(25)26)10-13(15-11-21-7-8-22-15)17(24-20)18-23-14-5-3-4-6-16(14)27-18/h3-8,11-13,17,24H,9-10H2,1-2H3,(H,25,26)/t13-,17-,20+/m1/s1. The third-order valence-electron chi connectivity index (χ3n) is 5.11. The van der Waals surface area contributed by atoms with E-state index in [-0.39, 0.29) is 17.9 Å². The summed E-state index contributed by atoms with van der Waals surface area (Å²) in [5.74, 6) is -0.645. The molecule has 0 radical (unpaired) electrons. The van der Waals surface area contributed by atoms with Crippen LogP contribution < -0.4 is 5.32 Å². The van der Waals surface area contributed by atoms with Crippen LogP contribution in [0.5, 0.6) is 0 Å². The summed E-state index contributed by atoms with van der Waals surface area (Å²) >= 11 is 1.61. The van der Waals surface area contributed by atoms with E-state index in [1.165, 1.54) is 0 Å². The van der Waals surface area contributed by atoms with Crippen molar-refractivity contribution in [2.75, 3.05) is 0 Å². The van der Waals surface area contributed by atoms with Crippen molar-refractivity contribution in [3.8, 4) is 0 Å². The Balaban J connectivity index is 1.79. The van der Waals surface area contributed by atoms with Crippen molar-refractivity contribution >= 4 is 27.5 Å². The summed E-state index contributed by atoms with van der Waals surface area (Å²) in [5.41, 5.74) is 0.758. The molecule has 2 N–H and O–H groups in total. The number of benzene rings is 1. The van der Waals surface area contributed by atoms with E-state index < -0.39 is 11.5 Å². The molecule has 2 aromatic heterocycles. The lowest BCUT2D eigenvalue weighted by Gasteiger charge is -2.27. The van der Waals surface area contributed by atoms with Crippen LogP contribution in [0.1, 0.15) is 49.4 Å². The van der Waals surface area contributed by atoms with Gasteiger partial charge in [0.15, 0.2) is 0 Å². The number of rotatable bonds is 5. The zero-order valence-corrected chi connectivity index (χ0v) is 16.1. The normalized spacial score (nSPS) is 25.3. The molecule has 0 bridgehead atoms. The van der Waals surface area contributed by atoms with Crippen LogP contribution in [0, 0.1) is 5.92 Å². The molecule has 140 valence electrons. The number of aliphatic carboxylic acids is 1. The minimum atomic E-state index is -0.987. The number of carboxylic acids is 1. The summed E-state index contributed by atoms with van der Waals surface area (Å²) in [6.07, 6.45) is 6.06. The SMILES string of the molecule is CC(C)C[C@@]1(C(=O)O)C[C@H](c2cnccn2)[C@H](c2nc3ccccc3s2)N1. The van der Waals surface area contributed by atoms with E-state index in [1.807, 2.05) is 24.3 Å². The molecule has 3 atom stereocenters. The Labute approximate surface area is 161 Å². The van der Waals surface area contributed by atoms with Crippen molar-refractivity contribution in [1.82, 2.24) is 20.3 Å². The average Bonchev–Trinajstić information content (AvgIpc) is 3.24. The summed E-state index contributed by atoms with van der Waals surface area (Å²) in [6.45, 7) is 4.10. The molecule has 1 aliphatic heterocycles. The third kappa shape index (κ3) is 3.33. The van der Waals surface area contributed by atoms with Crippen LogP contribution in [-0.4, -0.2) is 31.6 Å². The smallest absolute Gasteiger partial charge is 0.323 e. The van der Waals surface area contributed by atoms with Crippen molar-refractivity contribution in [2.45, 2.75) is 44.2 Å². The Morgan fingerprint density at radius 2 is 2.19 bits per heavy atom. The molecular weight excluding hydrogens is 360 g/mol. The molecule has 0 unspecified atom stereocenters. The van der Waals surface area contributed by atoms with Crippen LogP contribution in [0.15, 0.2) is 42.9 Å². The summed E-state index contributed by atoms with van der Waals surface area (Å²) in [7, 11) is 0. The van der Waals surface area contributed by atoms with Gasteiger partial charge in [-0.1, -0.05) is 26.0 Å². The van der Waals surface area contributed by atoms with Crippen LogP contribution in [0.2, 0.25) is 0 Å². The van der Waals surface area contributed by atoms with Crippen LogP contribution in [0.25, 0.3) is 10.2 Å². The Morgan fingerprint density at radius 1 is 1.37 bits per heavy atom. The van der Waals surface area contributed by atoms with Crippen LogP contribution in [0.3, 0.4) is 0 Å². The van der Waals surface area contributed by atoms with Crippen molar-refractivity contribution < 1.29 is 9.90 Å². The van der Waals surface area contributed by atoms with E-state index >= 15 is 0 Å². The van der Waals surface area contributed by atoms with E-state index in [2.05, 4.69) is 29.1 Å². The number of para-hydroxylation sites is 1. The summed E-state index contributed by atoms with van der Waals surface area (Å²) < 4.78 is 1.10. The molecule has 27 heavy (non-hydrogen) atoms. The van der Waals surface area contributed by atoms with Gasteiger partial charge in [-0.3, -0.25) is 20.1 Å². The molecule has 1 aliphatic rings. The average molecular weight is 382 g/mol. The summed E-state index contributed by atoms with van der Waals surface area (Å²) in [6, 6.07) is 7.79. The highest BCUT2D eigenvalue weighted by atomic mass is 32.1. The van der Waals surface area contributed by atoms with Gasteiger partial charge in [0.25, 0.3) is 0 Å². The van der Waals surface area contributed by atoms with Crippen LogP contribution in [-0.2, 0) is 4.79 Å². The van der Waals surface area contributed by atoms with E-state index in [0.717, 1.165) is 20.9 Å². The van der Waals surface area contributed by atoms with Gasteiger partial charge in [-0.2, -0.15) is 0 Å². The molecule has 3 aromatic rings. The highest BCUT2D eigenvalue weighted by Gasteiger charge is 2.52. The first kappa shape index (κ1) is 18.0. The van der Waals surface area contributed by atoms with Crippen molar-refractivity contribution in [2.24, 2.45) is 5.92 Å². The van der Waals surface area contributed by atoms with Gasteiger partial charge in [-0.25, -0.2) is 4.98 Å². The van der Waals surface area contributed by atoms with Gasteiger partial charge in [0.2, 0.25) is 0 Å². The maximum atomic E-state index is 12.3. The minimum absolute atomic E-state index is 0.0888. The molecule has 0 saturated carbocycles. The van der Waals surface area contributed by atoms with Gasteiger partial charge >= 0.3 is 5.97 Å². The number of hydrogen-bond acceptors (Lipinski definition) is 6. The molecule has 4 rings (SSSR count). The van der Waals surface area contributed by atoms with E-state index in [9.17, 15) is 9.90 Å². The molecule has 7 heteroatoms. The highest BCUT2D eigenvalue weighted by Crippen LogP contribution is 2.47. The zero-order chi connectivity index (χ0) is 19.0. The van der Waals surface area contributed by atoms with Gasteiger partial charge in [-0.05, 0) is 30.9 Å². The maximum absolute atomic E-state index is 12.3. The molecule has 1 saturated heterocycles. The third-order valence-corrected chi connectivity index (χ3v) is 6.23. The number of carboxylic acid groups (broad SMARTS) is 1. The lowest BCUT2D eigenvalue weighted by Crippen LogP contribution is -2.49. The van der Waals surface area contributed by atoms with Crippen molar-refractivity contribution in [3.63, 3.8) is 0 Å². The fraction of sp³-hybridized carbons (Fsp3) is 0.400. The quantitative estimate of drug-likeness (QED) is 0.698. The second-order valence-corrected chi connectivity index (χ2v) is 8.63. The van der Waals surface area contributed by atoms with Gasteiger partial charge < -0.3 is 5.11 Å². The number of aromatic nitrogens is 3. The molecule has 0 amide bonds. The summed E-state index contributed by atoms with van der Waals surface area (Å²) in [4.78, 5) is 25.7. The predicted octanol–water partition coefficient (Wildman–Crippen LogP) is 3.77. The van der Waals surface area contributed by atoms with E-state index in [0.29, 0.717) is 12.8 Å². The highest BCUT2D eigenvalue weighted by molar-refractivity contribution is 7.18. The van der Waals surface area contributed by atoms with E-state index in [1.54, 1.807) is 29.9 Å². The lowest BCUT2D eigenvalue weighted by atomic mass is 9.83. The van der Waals surface area contributed by atoms with Crippen molar-refractivity contribution in [1.29, 1.82) is 0 Å². The number of carbonyl (C=O) groups is 1. The van der Waals surface area contributed by atoms with Gasteiger partial charge in [0, 0.05) is 24.5 Å². The van der Waals surface area contributed by atoms with Crippen molar-refractivity contribution in [3.05, 3.63) is 53.6 Å². The second-order valence-electron chi connectivity index (χ2n) is 7.57. The van der Waals surface area contributed by atoms with Gasteiger partial charge in [0.05, 0.1) is 22.0 Å². The fourth-order valence-electron chi connectivity index (χ4n) is 4.06.